The molecule has 0 aromatic carbocycles. The summed E-state index contributed by atoms with van der Waals surface area (Å²) in [5.41, 5.74) is 1.20. The predicted molar refractivity (Wildman–Crippen MR) is 49.1 cm³/mol. The molecule has 0 N–H and O–H groups in total. The fourth-order valence-corrected chi connectivity index (χ4v) is 1.03. The Bertz CT molecular complexity index is 172. The summed E-state index contributed by atoms with van der Waals surface area (Å²) in [5, 5.41) is 0. The SMILES string of the molecule is CCc1cnc(CI)nc1. The van der Waals surface area contributed by atoms with Gasteiger partial charge in [-0.1, -0.05) is 29.5 Å². The molecule has 0 aliphatic heterocycles. The third-order valence-electron chi connectivity index (χ3n) is 1.29. The Hall–Kier alpha value is -0.190. The lowest BCUT2D eigenvalue weighted by atomic mass is 10.3. The van der Waals surface area contributed by atoms with Gasteiger partial charge in [-0.25, -0.2) is 9.97 Å². The molecule has 1 aromatic rings. The number of hydrogen-bond acceptors (Lipinski definition) is 2. The second-order valence-corrected chi connectivity index (χ2v) is 2.76. The Balaban J connectivity index is 2.80. The number of halogens is 1. The van der Waals surface area contributed by atoms with E-state index in [1.807, 2.05) is 12.4 Å². The maximum Gasteiger partial charge on any atom is 0.137 e. The average Bonchev–Trinajstić information content (AvgIpc) is 2.05. The first kappa shape index (κ1) is 7.91. The van der Waals surface area contributed by atoms with Crippen LogP contribution < -0.4 is 0 Å². The van der Waals surface area contributed by atoms with Gasteiger partial charge in [-0.15, -0.1) is 0 Å². The average molecular weight is 248 g/mol. The third-order valence-corrected chi connectivity index (χ3v) is 1.97. The molecule has 1 aromatic heterocycles. The normalized spacial score (nSPS) is 9.80. The highest BCUT2D eigenvalue weighted by Gasteiger charge is 1.91. The summed E-state index contributed by atoms with van der Waals surface area (Å²) in [6.07, 6.45) is 4.80. The Morgan fingerprint density at radius 3 is 2.40 bits per heavy atom. The van der Waals surface area contributed by atoms with Gasteiger partial charge in [0.15, 0.2) is 0 Å². The molecule has 0 atom stereocenters. The number of alkyl halides is 1. The van der Waals surface area contributed by atoms with E-state index in [2.05, 4.69) is 39.5 Å². The van der Waals surface area contributed by atoms with E-state index in [-0.39, 0.29) is 0 Å². The second-order valence-electron chi connectivity index (χ2n) is 1.99. The van der Waals surface area contributed by atoms with Crippen LogP contribution in [0.1, 0.15) is 18.3 Å². The van der Waals surface area contributed by atoms with Crippen molar-refractivity contribution < 1.29 is 0 Å². The molecule has 0 bridgehead atoms. The van der Waals surface area contributed by atoms with Gasteiger partial charge in [-0.3, -0.25) is 0 Å². The Kier molecular flexibility index (Phi) is 3.05. The first-order valence-electron chi connectivity index (χ1n) is 3.22. The molecular formula is C7H9IN2. The highest BCUT2D eigenvalue weighted by Crippen LogP contribution is 2.00. The van der Waals surface area contributed by atoms with Crippen molar-refractivity contribution in [2.45, 2.75) is 17.8 Å². The topological polar surface area (TPSA) is 25.8 Å². The largest absolute Gasteiger partial charge is 0.240 e. The minimum atomic E-state index is 0.891. The number of rotatable bonds is 2. The van der Waals surface area contributed by atoms with Gasteiger partial charge >= 0.3 is 0 Å². The van der Waals surface area contributed by atoms with Crippen LogP contribution in [0.5, 0.6) is 0 Å². The van der Waals surface area contributed by atoms with Crippen molar-refractivity contribution >= 4 is 22.6 Å². The van der Waals surface area contributed by atoms with E-state index in [9.17, 15) is 0 Å². The fraction of sp³-hybridized carbons (Fsp3) is 0.429. The van der Waals surface area contributed by atoms with E-state index in [0.29, 0.717) is 0 Å². The summed E-state index contributed by atoms with van der Waals surface area (Å²) in [7, 11) is 0. The Morgan fingerprint density at radius 2 is 2.00 bits per heavy atom. The zero-order valence-corrected chi connectivity index (χ0v) is 8.00. The molecule has 0 aliphatic carbocycles. The van der Waals surface area contributed by atoms with Gasteiger partial charge in [-0.05, 0) is 12.0 Å². The molecule has 0 amide bonds. The number of aryl methyl sites for hydroxylation is 1. The van der Waals surface area contributed by atoms with E-state index in [1.54, 1.807) is 0 Å². The van der Waals surface area contributed by atoms with Crippen LogP contribution in [0, 0.1) is 0 Å². The van der Waals surface area contributed by atoms with Crippen molar-refractivity contribution in [2.24, 2.45) is 0 Å². The second kappa shape index (κ2) is 3.85. The van der Waals surface area contributed by atoms with Crippen molar-refractivity contribution in [3.8, 4) is 0 Å². The molecule has 2 nitrogen and oxygen atoms in total. The van der Waals surface area contributed by atoms with Crippen molar-refractivity contribution in [3.05, 3.63) is 23.8 Å². The highest BCUT2D eigenvalue weighted by molar-refractivity contribution is 14.1. The van der Waals surface area contributed by atoms with Gasteiger partial charge in [0.1, 0.15) is 5.82 Å². The number of nitrogens with zero attached hydrogens (tertiary/aromatic N) is 2. The van der Waals surface area contributed by atoms with E-state index in [4.69, 9.17) is 0 Å². The summed E-state index contributed by atoms with van der Waals surface area (Å²) in [6, 6.07) is 0. The van der Waals surface area contributed by atoms with E-state index >= 15 is 0 Å². The minimum Gasteiger partial charge on any atom is -0.240 e. The smallest absolute Gasteiger partial charge is 0.137 e. The summed E-state index contributed by atoms with van der Waals surface area (Å²) < 4.78 is 0.891. The zero-order valence-electron chi connectivity index (χ0n) is 5.84. The molecular weight excluding hydrogens is 239 g/mol. The first-order valence-corrected chi connectivity index (χ1v) is 4.75. The van der Waals surface area contributed by atoms with Crippen molar-refractivity contribution in [3.63, 3.8) is 0 Å². The molecule has 0 unspecified atom stereocenters. The first-order chi connectivity index (χ1) is 4.86. The summed E-state index contributed by atoms with van der Waals surface area (Å²) in [6.45, 7) is 2.10. The van der Waals surface area contributed by atoms with Crippen LogP contribution in [0.3, 0.4) is 0 Å². The predicted octanol–water partition coefficient (Wildman–Crippen LogP) is 1.97. The van der Waals surface area contributed by atoms with Crippen molar-refractivity contribution in [1.82, 2.24) is 9.97 Å². The molecule has 0 fully saturated rings. The van der Waals surface area contributed by atoms with Gasteiger partial charge < -0.3 is 0 Å². The van der Waals surface area contributed by atoms with Crippen molar-refractivity contribution in [2.75, 3.05) is 0 Å². The van der Waals surface area contributed by atoms with Crippen LogP contribution in [0.15, 0.2) is 12.4 Å². The van der Waals surface area contributed by atoms with Gasteiger partial charge in [0.05, 0.1) is 4.43 Å². The minimum absolute atomic E-state index is 0.891. The van der Waals surface area contributed by atoms with Crippen LogP contribution in [0.4, 0.5) is 0 Å². The Morgan fingerprint density at radius 1 is 1.40 bits per heavy atom. The molecule has 0 spiro atoms. The molecule has 0 radical (unpaired) electrons. The zero-order chi connectivity index (χ0) is 7.40. The van der Waals surface area contributed by atoms with Gasteiger partial charge in [0, 0.05) is 12.4 Å². The lowest BCUT2D eigenvalue weighted by molar-refractivity contribution is 0.986. The Labute approximate surface area is 74.2 Å². The summed E-state index contributed by atoms with van der Waals surface area (Å²) >= 11 is 2.25. The van der Waals surface area contributed by atoms with Gasteiger partial charge in [0.25, 0.3) is 0 Å². The van der Waals surface area contributed by atoms with E-state index in [1.165, 1.54) is 5.56 Å². The van der Waals surface area contributed by atoms with Crippen LogP contribution in [-0.4, -0.2) is 9.97 Å². The lowest BCUT2D eigenvalue weighted by Crippen LogP contribution is -1.91. The third kappa shape index (κ3) is 1.90. The number of aromatic nitrogens is 2. The molecule has 1 rings (SSSR count). The molecule has 54 valence electrons. The van der Waals surface area contributed by atoms with Crippen LogP contribution in [0.2, 0.25) is 0 Å². The van der Waals surface area contributed by atoms with Crippen LogP contribution in [-0.2, 0) is 10.8 Å². The fourth-order valence-electron chi connectivity index (χ4n) is 0.633. The molecule has 0 aliphatic rings. The number of hydrogen-bond donors (Lipinski definition) is 0. The quantitative estimate of drug-likeness (QED) is 0.590. The summed E-state index contributed by atoms with van der Waals surface area (Å²) in [5.74, 6) is 0.915. The maximum atomic E-state index is 4.15. The van der Waals surface area contributed by atoms with E-state index < -0.39 is 0 Å². The van der Waals surface area contributed by atoms with Crippen LogP contribution in [0.25, 0.3) is 0 Å². The maximum absolute atomic E-state index is 4.15. The standard InChI is InChI=1S/C7H9IN2/c1-2-6-4-9-7(3-8)10-5-6/h4-5H,2-3H2,1H3. The highest BCUT2D eigenvalue weighted by atomic mass is 127. The molecule has 3 heteroatoms. The molecule has 0 saturated heterocycles. The van der Waals surface area contributed by atoms with Gasteiger partial charge in [0.2, 0.25) is 0 Å². The van der Waals surface area contributed by atoms with Gasteiger partial charge in [-0.2, -0.15) is 0 Å². The molecule has 1 heterocycles. The summed E-state index contributed by atoms with van der Waals surface area (Å²) in [4.78, 5) is 8.30. The van der Waals surface area contributed by atoms with E-state index in [0.717, 1.165) is 16.7 Å². The molecule has 10 heavy (non-hydrogen) atoms. The monoisotopic (exact) mass is 248 g/mol. The lowest BCUT2D eigenvalue weighted by Gasteiger charge is -1.94. The van der Waals surface area contributed by atoms with Crippen molar-refractivity contribution in [1.29, 1.82) is 0 Å². The molecule has 0 saturated carbocycles. The van der Waals surface area contributed by atoms with Crippen LogP contribution >= 0.6 is 22.6 Å².